The summed E-state index contributed by atoms with van der Waals surface area (Å²) in [6.45, 7) is 16.8. The zero-order valence-electron chi connectivity index (χ0n) is 14.4. The predicted molar refractivity (Wildman–Crippen MR) is 101 cm³/mol. The average Bonchev–Trinajstić information content (AvgIpc) is 2.66. The summed E-state index contributed by atoms with van der Waals surface area (Å²) in [6, 6.07) is 6.74. The second-order valence-electron chi connectivity index (χ2n) is 7.19. The predicted octanol–water partition coefficient (Wildman–Crippen LogP) is 6.74. The summed E-state index contributed by atoms with van der Waals surface area (Å²) in [4.78, 5) is 0. The maximum Gasteiger partial charge on any atom is 0.169 e. The van der Waals surface area contributed by atoms with Crippen LogP contribution in [0.2, 0.25) is 16.6 Å². The van der Waals surface area contributed by atoms with Crippen LogP contribution in [0.5, 0.6) is 0 Å². The first-order valence-corrected chi connectivity index (χ1v) is 11.0. The fraction of sp³-hybridized carbons (Fsp3) is 0.556. The van der Waals surface area contributed by atoms with Crippen molar-refractivity contribution in [2.24, 2.45) is 0 Å². The first-order chi connectivity index (χ1) is 9.72. The Kier molecular flexibility index (Phi) is 4.74. The van der Waals surface area contributed by atoms with Gasteiger partial charge < -0.3 is 4.23 Å². The minimum atomic E-state index is -1.66. The van der Waals surface area contributed by atoms with Gasteiger partial charge in [0.05, 0.1) is 0 Å². The van der Waals surface area contributed by atoms with Crippen LogP contribution in [0.1, 0.15) is 47.1 Å². The quantitative estimate of drug-likeness (QED) is 0.528. The summed E-state index contributed by atoms with van der Waals surface area (Å²) in [5, 5.41) is 1.39. The molecule has 0 atom stereocenters. The molecule has 116 valence electrons. The van der Waals surface area contributed by atoms with Gasteiger partial charge in [0.2, 0.25) is 0 Å². The van der Waals surface area contributed by atoms with Gasteiger partial charge in [-0.25, -0.2) is 0 Å². The van der Waals surface area contributed by atoms with E-state index in [9.17, 15) is 0 Å². The number of hydrogen-bond donors (Lipinski definition) is 0. The Labute approximate surface area is 139 Å². The van der Waals surface area contributed by atoms with Crippen molar-refractivity contribution in [2.45, 2.75) is 65.1 Å². The molecule has 3 heteroatoms. The van der Waals surface area contributed by atoms with Crippen molar-refractivity contribution in [1.82, 2.24) is 4.23 Å². The maximum absolute atomic E-state index is 3.62. The van der Waals surface area contributed by atoms with Crippen molar-refractivity contribution in [1.29, 1.82) is 0 Å². The molecule has 2 rings (SSSR count). The lowest BCUT2D eigenvalue weighted by atomic mass is 10.2. The lowest BCUT2D eigenvalue weighted by molar-refractivity contribution is 0.772. The van der Waals surface area contributed by atoms with Gasteiger partial charge >= 0.3 is 0 Å². The van der Waals surface area contributed by atoms with E-state index in [1.807, 2.05) is 0 Å². The summed E-state index contributed by atoms with van der Waals surface area (Å²) in [7, 11) is -1.66. The lowest BCUT2D eigenvalue weighted by Crippen LogP contribution is -2.51. The molecule has 0 aliphatic carbocycles. The van der Waals surface area contributed by atoms with Gasteiger partial charge in [-0.05, 0) is 53.5 Å². The summed E-state index contributed by atoms with van der Waals surface area (Å²) in [6.07, 6.45) is 2.42. The minimum absolute atomic E-state index is 0.719. The first kappa shape index (κ1) is 16.8. The lowest BCUT2D eigenvalue weighted by Gasteiger charge is -2.44. The molecule has 0 aliphatic heterocycles. The number of aromatic nitrogens is 1. The van der Waals surface area contributed by atoms with Crippen molar-refractivity contribution >= 4 is 35.1 Å². The molecule has 0 fully saturated rings. The van der Waals surface area contributed by atoms with Crippen molar-refractivity contribution < 1.29 is 0 Å². The van der Waals surface area contributed by atoms with E-state index in [1.54, 1.807) is 0 Å². The third-order valence-electron chi connectivity index (χ3n) is 5.16. The molecule has 0 aliphatic rings. The van der Waals surface area contributed by atoms with E-state index in [4.69, 9.17) is 0 Å². The number of rotatable bonds is 4. The number of aryl methyl sites for hydroxylation is 1. The maximum atomic E-state index is 3.62. The molecule has 0 N–H and O–H groups in total. The molecule has 0 spiro atoms. The van der Waals surface area contributed by atoms with Crippen molar-refractivity contribution in [3.05, 3.63) is 34.4 Å². The number of fused-ring (bicyclic) bond motifs is 1. The third-order valence-corrected chi connectivity index (χ3v) is 12.4. The Morgan fingerprint density at radius 2 is 1.48 bits per heavy atom. The summed E-state index contributed by atoms with van der Waals surface area (Å²) in [5.41, 5.74) is 4.96. The highest BCUT2D eigenvalue weighted by atomic mass is 79.9. The number of hydrogen-bond acceptors (Lipinski definition) is 0. The Morgan fingerprint density at radius 3 is 1.95 bits per heavy atom. The number of benzene rings is 1. The van der Waals surface area contributed by atoms with Crippen LogP contribution in [0.4, 0.5) is 0 Å². The largest absolute Gasteiger partial charge is 0.373 e. The molecule has 21 heavy (non-hydrogen) atoms. The molecule has 0 radical (unpaired) electrons. The molecule has 1 aromatic heterocycles. The van der Waals surface area contributed by atoms with E-state index in [0.717, 1.165) is 16.6 Å². The van der Waals surface area contributed by atoms with Crippen LogP contribution < -0.4 is 0 Å². The normalized spacial score (nSPS) is 13.1. The van der Waals surface area contributed by atoms with Crippen molar-refractivity contribution in [3.8, 4) is 0 Å². The monoisotopic (exact) mass is 365 g/mol. The van der Waals surface area contributed by atoms with Gasteiger partial charge in [0, 0.05) is 15.4 Å². The second kappa shape index (κ2) is 5.92. The van der Waals surface area contributed by atoms with E-state index >= 15 is 0 Å². The molecule has 2 aromatic rings. The van der Waals surface area contributed by atoms with Gasteiger partial charge in [0.1, 0.15) is 0 Å². The Hall–Kier alpha value is -0.543. The van der Waals surface area contributed by atoms with E-state index in [1.165, 1.54) is 20.9 Å². The minimum Gasteiger partial charge on any atom is -0.373 e. The number of halogens is 1. The van der Waals surface area contributed by atoms with Crippen LogP contribution in [-0.2, 0) is 0 Å². The second-order valence-corrected chi connectivity index (χ2v) is 13.8. The number of nitrogens with zero attached hydrogens (tertiary/aromatic N) is 1. The molecule has 0 unspecified atom stereocenters. The van der Waals surface area contributed by atoms with Gasteiger partial charge in [-0.15, -0.1) is 0 Å². The van der Waals surface area contributed by atoms with Crippen molar-refractivity contribution in [2.75, 3.05) is 0 Å². The van der Waals surface area contributed by atoms with Crippen LogP contribution in [-0.4, -0.2) is 12.5 Å². The van der Waals surface area contributed by atoms with Gasteiger partial charge in [-0.2, -0.15) is 0 Å². The Bertz CT molecular complexity index is 618. The molecule has 0 saturated heterocycles. The zero-order valence-corrected chi connectivity index (χ0v) is 17.0. The summed E-state index contributed by atoms with van der Waals surface area (Å²) in [5.74, 6) is 0. The van der Waals surface area contributed by atoms with Crippen LogP contribution in [0, 0.1) is 6.92 Å². The summed E-state index contributed by atoms with van der Waals surface area (Å²) >= 11 is 3.62. The van der Waals surface area contributed by atoms with E-state index < -0.39 is 8.24 Å². The fourth-order valence-electron chi connectivity index (χ4n) is 4.52. The molecular weight excluding hydrogens is 338 g/mol. The standard InChI is InChI=1S/C18H28BrNSi/c1-12(2)21(13(3)4,14(5)6)20-11-15(7)17-10-16(19)8-9-18(17)20/h8-14H,1-7H3. The Morgan fingerprint density at radius 1 is 0.952 bits per heavy atom. The summed E-state index contributed by atoms with van der Waals surface area (Å²) < 4.78 is 3.87. The fourth-order valence-corrected chi connectivity index (χ4v) is 11.6. The molecule has 1 aromatic carbocycles. The highest BCUT2D eigenvalue weighted by molar-refractivity contribution is 9.10. The van der Waals surface area contributed by atoms with Crippen LogP contribution in [0.25, 0.3) is 10.9 Å². The Balaban J connectivity index is 2.83. The SMILES string of the molecule is Cc1cn([Si](C(C)C)(C(C)C)C(C)C)c2ccc(Br)cc12. The highest BCUT2D eigenvalue weighted by Gasteiger charge is 2.45. The van der Waals surface area contributed by atoms with Gasteiger partial charge in [0.15, 0.2) is 8.24 Å². The van der Waals surface area contributed by atoms with Crippen molar-refractivity contribution in [3.63, 3.8) is 0 Å². The van der Waals surface area contributed by atoms with E-state index in [0.29, 0.717) is 0 Å². The molecule has 1 heterocycles. The van der Waals surface area contributed by atoms with Crippen LogP contribution in [0.15, 0.2) is 28.9 Å². The zero-order chi connectivity index (χ0) is 15.9. The van der Waals surface area contributed by atoms with E-state index in [-0.39, 0.29) is 0 Å². The van der Waals surface area contributed by atoms with Gasteiger partial charge in [-0.3, -0.25) is 0 Å². The molecule has 1 nitrogen and oxygen atoms in total. The van der Waals surface area contributed by atoms with E-state index in [2.05, 4.69) is 93.0 Å². The highest BCUT2D eigenvalue weighted by Crippen LogP contribution is 2.44. The van der Waals surface area contributed by atoms with Crippen LogP contribution >= 0.6 is 15.9 Å². The van der Waals surface area contributed by atoms with Gasteiger partial charge in [-0.1, -0.05) is 57.5 Å². The van der Waals surface area contributed by atoms with Gasteiger partial charge in [0.25, 0.3) is 0 Å². The topological polar surface area (TPSA) is 4.93 Å². The first-order valence-electron chi connectivity index (χ1n) is 8.00. The van der Waals surface area contributed by atoms with Crippen LogP contribution in [0.3, 0.4) is 0 Å². The molecule has 0 amide bonds. The molecular formula is C18H28BrNSi. The molecule has 0 bridgehead atoms. The smallest absolute Gasteiger partial charge is 0.169 e. The third kappa shape index (κ3) is 2.53. The average molecular weight is 366 g/mol. The molecule has 0 saturated carbocycles.